The van der Waals surface area contributed by atoms with Gasteiger partial charge in [-0.3, -0.25) is 0 Å². The lowest BCUT2D eigenvalue weighted by atomic mass is 10.2. The van der Waals surface area contributed by atoms with Crippen molar-refractivity contribution in [3.63, 3.8) is 0 Å². The Labute approximate surface area is 137 Å². The molecule has 0 amide bonds. The molecule has 1 aromatic heterocycles. The number of hydrogen-bond acceptors (Lipinski definition) is 4. The van der Waals surface area contributed by atoms with Crippen molar-refractivity contribution in [3.05, 3.63) is 57.0 Å². The van der Waals surface area contributed by atoms with Crippen molar-refractivity contribution in [2.24, 2.45) is 0 Å². The zero-order valence-corrected chi connectivity index (χ0v) is 14.1. The lowest BCUT2D eigenvalue weighted by molar-refractivity contribution is 0.110. The van der Waals surface area contributed by atoms with Crippen LogP contribution < -0.4 is 4.72 Å². The first-order valence-corrected chi connectivity index (χ1v) is 9.24. The monoisotopic (exact) mass is 363 g/mol. The van der Waals surface area contributed by atoms with Crippen LogP contribution in [0.1, 0.15) is 16.5 Å². The van der Waals surface area contributed by atoms with E-state index in [2.05, 4.69) is 4.72 Å². The quantitative estimate of drug-likeness (QED) is 0.820. The van der Waals surface area contributed by atoms with Gasteiger partial charge in [0.15, 0.2) is 0 Å². The third-order valence-corrected chi connectivity index (χ3v) is 5.57. The minimum atomic E-state index is -3.58. The molecule has 0 saturated heterocycles. The maximum absolute atomic E-state index is 13.1. The molecular weight excluding hydrogens is 349 g/mol. The molecule has 1 aromatic carbocycles. The minimum Gasteiger partial charge on any atom is -0.375 e. The summed E-state index contributed by atoms with van der Waals surface area (Å²) in [6, 6.07) is 9.04. The van der Waals surface area contributed by atoms with Gasteiger partial charge in [-0.25, -0.2) is 17.5 Å². The highest BCUT2D eigenvalue weighted by atomic mass is 35.5. The van der Waals surface area contributed by atoms with E-state index in [1.807, 2.05) is 0 Å². The van der Waals surface area contributed by atoms with Crippen LogP contribution >= 0.6 is 22.9 Å². The van der Waals surface area contributed by atoms with E-state index in [9.17, 15) is 12.8 Å². The standard InChI is InChI=1S/C14H15ClFNO3S2/c1-20-12(13-5-6-14(15)21-13)8-17-22(18,19)9-10-3-2-4-11(16)7-10/h2-7,12,17H,8-9H2,1H3. The Kier molecular flexibility index (Phi) is 5.94. The van der Waals surface area contributed by atoms with Gasteiger partial charge in [-0.1, -0.05) is 23.7 Å². The van der Waals surface area contributed by atoms with Crippen molar-refractivity contribution in [3.8, 4) is 0 Å². The van der Waals surface area contributed by atoms with Crippen LogP contribution in [0.15, 0.2) is 36.4 Å². The van der Waals surface area contributed by atoms with Crippen molar-refractivity contribution in [1.82, 2.24) is 4.72 Å². The summed E-state index contributed by atoms with van der Waals surface area (Å²) in [6.45, 7) is 0.0883. The molecule has 0 saturated carbocycles. The fourth-order valence-electron chi connectivity index (χ4n) is 1.90. The lowest BCUT2D eigenvalue weighted by Crippen LogP contribution is -2.30. The Morgan fingerprint density at radius 3 is 2.73 bits per heavy atom. The molecule has 0 aliphatic carbocycles. The van der Waals surface area contributed by atoms with Gasteiger partial charge >= 0.3 is 0 Å². The molecule has 0 aliphatic heterocycles. The van der Waals surface area contributed by atoms with E-state index in [1.165, 1.54) is 36.6 Å². The van der Waals surface area contributed by atoms with Gasteiger partial charge in [0, 0.05) is 18.5 Å². The van der Waals surface area contributed by atoms with Crippen molar-refractivity contribution >= 4 is 33.0 Å². The van der Waals surface area contributed by atoms with E-state index >= 15 is 0 Å². The second-order valence-electron chi connectivity index (χ2n) is 4.60. The highest BCUT2D eigenvalue weighted by Crippen LogP contribution is 2.28. The SMILES string of the molecule is COC(CNS(=O)(=O)Cc1cccc(F)c1)c1ccc(Cl)s1. The van der Waals surface area contributed by atoms with Crippen molar-refractivity contribution < 1.29 is 17.5 Å². The number of ether oxygens (including phenoxy) is 1. The number of sulfonamides is 1. The smallest absolute Gasteiger partial charge is 0.215 e. The molecule has 2 rings (SSSR count). The summed E-state index contributed by atoms with van der Waals surface area (Å²) in [7, 11) is -2.08. The molecule has 2 aromatic rings. The van der Waals surface area contributed by atoms with E-state index < -0.39 is 21.9 Å². The predicted molar refractivity (Wildman–Crippen MR) is 86.1 cm³/mol. The topological polar surface area (TPSA) is 55.4 Å². The Bertz CT molecular complexity index is 733. The van der Waals surface area contributed by atoms with Crippen molar-refractivity contribution in [2.75, 3.05) is 13.7 Å². The first-order chi connectivity index (χ1) is 10.4. The molecule has 4 nitrogen and oxygen atoms in total. The molecule has 1 N–H and O–H groups in total. The second kappa shape index (κ2) is 7.52. The van der Waals surface area contributed by atoms with Crippen LogP contribution in [-0.4, -0.2) is 22.1 Å². The summed E-state index contributed by atoms with van der Waals surface area (Å²) in [5.41, 5.74) is 0.389. The van der Waals surface area contributed by atoms with Crippen molar-refractivity contribution in [2.45, 2.75) is 11.9 Å². The van der Waals surface area contributed by atoms with Crippen LogP contribution in [0.25, 0.3) is 0 Å². The molecular formula is C14H15ClFNO3S2. The summed E-state index contributed by atoms with van der Waals surface area (Å²) < 4.78 is 45.6. The van der Waals surface area contributed by atoms with Crippen LogP contribution in [0.5, 0.6) is 0 Å². The fourth-order valence-corrected chi connectivity index (χ4v) is 4.17. The van der Waals surface area contributed by atoms with Gasteiger partial charge < -0.3 is 4.74 Å². The molecule has 1 atom stereocenters. The molecule has 8 heteroatoms. The molecule has 0 bridgehead atoms. The third kappa shape index (κ3) is 5.03. The molecule has 22 heavy (non-hydrogen) atoms. The average Bonchev–Trinajstić information content (AvgIpc) is 2.85. The van der Waals surface area contributed by atoms with E-state index in [1.54, 1.807) is 18.2 Å². The Morgan fingerprint density at radius 1 is 1.36 bits per heavy atom. The Morgan fingerprint density at radius 2 is 2.14 bits per heavy atom. The zero-order chi connectivity index (χ0) is 16.2. The molecule has 0 fully saturated rings. The van der Waals surface area contributed by atoms with E-state index in [0.717, 1.165) is 4.88 Å². The second-order valence-corrected chi connectivity index (χ2v) is 8.16. The predicted octanol–water partition coefficient (Wildman–Crippen LogP) is 3.35. The number of methoxy groups -OCH3 is 1. The van der Waals surface area contributed by atoms with Gasteiger partial charge in [0.1, 0.15) is 11.9 Å². The maximum Gasteiger partial charge on any atom is 0.215 e. The normalized spacial score (nSPS) is 13.2. The Balaban J connectivity index is 1.99. The van der Waals surface area contributed by atoms with Crippen LogP contribution in [0.3, 0.4) is 0 Å². The molecule has 1 heterocycles. The number of hydrogen-bond donors (Lipinski definition) is 1. The molecule has 0 radical (unpaired) electrons. The summed E-state index contributed by atoms with van der Waals surface area (Å²) >= 11 is 7.20. The summed E-state index contributed by atoms with van der Waals surface area (Å²) in [6.07, 6.45) is -0.417. The van der Waals surface area contributed by atoms with Crippen LogP contribution in [0, 0.1) is 5.82 Å². The lowest BCUT2D eigenvalue weighted by Gasteiger charge is -2.14. The maximum atomic E-state index is 13.1. The van der Waals surface area contributed by atoms with Gasteiger partial charge in [0.2, 0.25) is 10.0 Å². The number of nitrogens with one attached hydrogen (secondary N) is 1. The van der Waals surface area contributed by atoms with Gasteiger partial charge in [0.05, 0.1) is 10.1 Å². The average molecular weight is 364 g/mol. The zero-order valence-electron chi connectivity index (χ0n) is 11.8. The Hall–Kier alpha value is -0.990. The van der Waals surface area contributed by atoms with Gasteiger partial charge in [-0.05, 0) is 29.8 Å². The number of rotatable bonds is 7. The van der Waals surface area contributed by atoms with Gasteiger partial charge in [0.25, 0.3) is 0 Å². The first-order valence-electron chi connectivity index (χ1n) is 6.39. The molecule has 0 spiro atoms. The number of thiophene rings is 1. The first kappa shape index (κ1) is 17.4. The highest BCUT2D eigenvalue weighted by molar-refractivity contribution is 7.88. The highest BCUT2D eigenvalue weighted by Gasteiger charge is 2.18. The van der Waals surface area contributed by atoms with Gasteiger partial charge in [-0.15, -0.1) is 11.3 Å². The number of benzene rings is 1. The molecule has 0 aliphatic rings. The van der Waals surface area contributed by atoms with Crippen LogP contribution in [0.2, 0.25) is 4.34 Å². The van der Waals surface area contributed by atoms with E-state index in [4.69, 9.17) is 16.3 Å². The van der Waals surface area contributed by atoms with Crippen LogP contribution in [-0.2, 0) is 20.5 Å². The number of halogens is 2. The van der Waals surface area contributed by atoms with Gasteiger partial charge in [-0.2, -0.15) is 0 Å². The van der Waals surface area contributed by atoms with Crippen LogP contribution in [0.4, 0.5) is 4.39 Å². The van der Waals surface area contributed by atoms with E-state index in [0.29, 0.717) is 9.90 Å². The summed E-state index contributed by atoms with van der Waals surface area (Å²) in [4.78, 5) is 0.834. The summed E-state index contributed by atoms with van der Waals surface area (Å²) in [5.74, 6) is -0.748. The minimum absolute atomic E-state index is 0.0883. The molecule has 1 unspecified atom stereocenters. The summed E-state index contributed by atoms with van der Waals surface area (Å²) in [5, 5.41) is 0. The largest absolute Gasteiger partial charge is 0.375 e. The van der Waals surface area contributed by atoms with E-state index in [-0.39, 0.29) is 12.3 Å². The third-order valence-electron chi connectivity index (χ3n) is 2.93. The fraction of sp³-hybridized carbons (Fsp3) is 0.286. The van der Waals surface area contributed by atoms with Crippen molar-refractivity contribution in [1.29, 1.82) is 0 Å². The molecule has 120 valence electrons.